The third kappa shape index (κ3) is 16.2. The van der Waals surface area contributed by atoms with Crippen molar-refractivity contribution in [2.24, 2.45) is 0 Å². The smallest absolute Gasteiger partial charge is 0.333 e. The first-order valence-corrected chi connectivity index (χ1v) is 8.84. The molecule has 0 heterocycles. The standard InChI is InChI=1S/C19H32O8/c1-15(2)18(20)26-12-9-22-6-7-24-14-17(5)25-11-8-23-10-13-27-19(21)16(3)4/h17H,1,3,6-14H2,2,4-5H3. The largest absolute Gasteiger partial charge is 0.460 e. The lowest BCUT2D eigenvalue weighted by Crippen LogP contribution is -2.21. The van der Waals surface area contributed by atoms with Crippen LogP contribution in [0.4, 0.5) is 0 Å². The summed E-state index contributed by atoms with van der Waals surface area (Å²) in [6.07, 6.45) is -0.0774. The van der Waals surface area contributed by atoms with Gasteiger partial charge in [0.25, 0.3) is 0 Å². The molecule has 0 fully saturated rings. The predicted molar refractivity (Wildman–Crippen MR) is 99.4 cm³/mol. The van der Waals surface area contributed by atoms with Gasteiger partial charge in [-0.3, -0.25) is 0 Å². The van der Waals surface area contributed by atoms with Gasteiger partial charge in [0.15, 0.2) is 0 Å². The van der Waals surface area contributed by atoms with Crippen LogP contribution in [0.15, 0.2) is 24.3 Å². The lowest BCUT2D eigenvalue weighted by atomic mass is 10.4. The molecule has 0 spiro atoms. The van der Waals surface area contributed by atoms with Crippen LogP contribution < -0.4 is 0 Å². The minimum atomic E-state index is -0.419. The minimum Gasteiger partial charge on any atom is -0.460 e. The second-order valence-electron chi connectivity index (χ2n) is 5.81. The summed E-state index contributed by atoms with van der Waals surface area (Å²) in [4.78, 5) is 22.2. The van der Waals surface area contributed by atoms with Gasteiger partial charge in [-0.2, -0.15) is 0 Å². The maximum atomic E-state index is 11.1. The number of ether oxygens (including phenoxy) is 6. The van der Waals surface area contributed by atoms with E-state index in [1.54, 1.807) is 13.8 Å². The highest BCUT2D eigenvalue weighted by Crippen LogP contribution is 1.95. The number of carbonyl (C=O) groups excluding carboxylic acids is 2. The Labute approximate surface area is 161 Å². The first kappa shape index (κ1) is 25.3. The molecule has 8 heteroatoms. The maximum Gasteiger partial charge on any atom is 0.333 e. The van der Waals surface area contributed by atoms with E-state index in [-0.39, 0.29) is 19.3 Å². The monoisotopic (exact) mass is 388 g/mol. The second kappa shape index (κ2) is 16.4. The molecular weight excluding hydrogens is 356 g/mol. The lowest BCUT2D eigenvalue weighted by Gasteiger charge is -2.14. The SMILES string of the molecule is C=C(C)C(=O)OCCOCCOCC(C)OCCOCCOC(=O)C(=C)C. The molecule has 0 aromatic rings. The van der Waals surface area contributed by atoms with Crippen LogP contribution >= 0.6 is 0 Å². The first-order valence-electron chi connectivity index (χ1n) is 8.84. The van der Waals surface area contributed by atoms with Crippen LogP contribution in [0, 0.1) is 0 Å². The van der Waals surface area contributed by atoms with Gasteiger partial charge in [-0.15, -0.1) is 0 Å². The van der Waals surface area contributed by atoms with Crippen LogP contribution in [0.25, 0.3) is 0 Å². The van der Waals surface area contributed by atoms with E-state index in [4.69, 9.17) is 28.4 Å². The van der Waals surface area contributed by atoms with Crippen LogP contribution in [0.5, 0.6) is 0 Å². The minimum absolute atomic E-state index is 0.0774. The van der Waals surface area contributed by atoms with E-state index in [1.807, 2.05) is 6.92 Å². The van der Waals surface area contributed by atoms with Gasteiger partial charge < -0.3 is 28.4 Å². The molecule has 0 aromatic carbocycles. The van der Waals surface area contributed by atoms with Gasteiger partial charge in [-0.05, 0) is 20.8 Å². The van der Waals surface area contributed by atoms with Gasteiger partial charge in [-0.1, -0.05) is 13.2 Å². The van der Waals surface area contributed by atoms with Crippen LogP contribution in [0.1, 0.15) is 20.8 Å². The van der Waals surface area contributed by atoms with Crippen molar-refractivity contribution >= 4 is 11.9 Å². The Morgan fingerprint density at radius 2 is 1.11 bits per heavy atom. The molecule has 156 valence electrons. The summed E-state index contributed by atoms with van der Waals surface area (Å²) in [6, 6.07) is 0. The molecule has 0 aliphatic rings. The molecule has 0 saturated heterocycles. The van der Waals surface area contributed by atoms with Crippen LogP contribution in [-0.2, 0) is 38.0 Å². The predicted octanol–water partition coefficient (Wildman–Crippen LogP) is 1.68. The normalized spacial score (nSPS) is 11.7. The zero-order valence-corrected chi connectivity index (χ0v) is 16.6. The van der Waals surface area contributed by atoms with E-state index in [0.717, 1.165) is 0 Å². The lowest BCUT2D eigenvalue weighted by molar-refractivity contribution is -0.141. The summed E-state index contributed by atoms with van der Waals surface area (Å²) in [5.74, 6) is -0.838. The molecule has 0 rings (SSSR count). The zero-order chi connectivity index (χ0) is 20.5. The molecular formula is C19H32O8. The fraction of sp³-hybridized carbons (Fsp3) is 0.684. The highest BCUT2D eigenvalue weighted by molar-refractivity contribution is 5.87. The van der Waals surface area contributed by atoms with Crippen molar-refractivity contribution < 1.29 is 38.0 Å². The Morgan fingerprint density at radius 3 is 1.59 bits per heavy atom. The number of hydrogen-bond acceptors (Lipinski definition) is 8. The van der Waals surface area contributed by atoms with Gasteiger partial charge in [-0.25, -0.2) is 9.59 Å². The van der Waals surface area contributed by atoms with Crippen molar-refractivity contribution in [2.45, 2.75) is 26.9 Å². The van der Waals surface area contributed by atoms with E-state index in [9.17, 15) is 9.59 Å². The van der Waals surface area contributed by atoms with Gasteiger partial charge in [0.1, 0.15) is 13.2 Å². The zero-order valence-electron chi connectivity index (χ0n) is 16.6. The second-order valence-corrected chi connectivity index (χ2v) is 5.81. The van der Waals surface area contributed by atoms with Crippen molar-refractivity contribution in [1.82, 2.24) is 0 Å². The molecule has 0 aliphatic carbocycles. The molecule has 0 bridgehead atoms. The van der Waals surface area contributed by atoms with E-state index in [0.29, 0.717) is 57.4 Å². The molecule has 0 saturated carbocycles. The average Bonchev–Trinajstić information content (AvgIpc) is 2.62. The molecule has 1 unspecified atom stereocenters. The number of rotatable bonds is 17. The van der Waals surface area contributed by atoms with Crippen molar-refractivity contribution in [2.75, 3.05) is 59.5 Å². The summed E-state index contributed by atoms with van der Waals surface area (Å²) in [5.41, 5.74) is 0.729. The fourth-order valence-electron chi connectivity index (χ4n) is 1.56. The number of carbonyl (C=O) groups is 2. The Kier molecular flexibility index (Phi) is 15.4. The fourth-order valence-corrected chi connectivity index (χ4v) is 1.56. The summed E-state index contributed by atoms with van der Waals surface area (Å²) in [6.45, 7) is 15.1. The van der Waals surface area contributed by atoms with E-state index >= 15 is 0 Å². The molecule has 0 aromatic heterocycles. The van der Waals surface area contributed by atoms with Gasteiger partial charge in [0.2, 0.25) is 0 Å². The molecule has 0 aliphatic heterocycles. The first-order chi connectivity index (χ1) is 12.8. The quantitative estimate of drug-likeness (QED) is 0.211. The highest BCUT2D eigenvalue weighted by atomic mass is 16.6. The van der Waals surface area contributed by atoms with Gasteiger partial charge in [0.05, 0.1) is 52.4 Å². The Morgan fingerprint density at radius 1 is 0.704 bits per heavy atom. The summed E-state index contributed by atoms with van der Waals surface area (Å²) >= 11 is 0. The molecule has 1 atom stereocenters. The Balaban J connectivity index is 3.34. The summed E-state index contributed by atoms with van der Waals surface area (Å²) in [5, 5.41) is 0. The maximum absolute atomic E-state index is 11.1. The van der Waals surface area contributed by atoms with E-state index in [2.05, 4.69) is 13.2 Å². The van der Waals surface area contributed by atoms with E-state index in [1.165, 1.54) is 0 Å². The van der Waals surface area contributed by atoms with Crippen molar-refractivity contribution in [3.63, 3.8) is 0 Å². The molecule has 8 nitrogen and oxygen atoms in total. The molecule has 0 amide bonds. The molecule has 0 radical (unpaired) electrons. The third-order valence-corrected chi connectivity index (χ3v) is 2.97. The Bertz CT molecular complexity index is 461. The molecule has 0 N–H and O–H groups in total. The highest BCUT2D eigenvalue weighted by Gasteiger charge is 2.04. The summed E-state index contributed by atoms with van der Waals surface area (Å²) in [7, 11) is 0. The third-order valence-electron chi connectivity index (χ3n) is 2.97. The van der Waals surface area contributed by atoms with Crippen molar-refractivity contribution in [3.05, 3.63) is 24.3 Å². The average molecular weight is 388 g/mol. The summed E-state index contributed by atoms with van der Waals surface area (Å²) < 4.78 is 31.3. The van der Waals surface area contributed by atoms with Crippen LogP contribution in [0.3, 0.4) is 0 Å². The van der Waals surface area contributed by atoms with Gasteiger partial charge in [0, 0.05) is 11.1 Å². The van der Waals surface area contributed by atoms with Crippen molar-refractivity contribution in [1.29, 1.82) is 0 Å². The van der Waals surface area contributed by atoms with Gasteiger partial charge >= 0.3 is 11.9 Å². The number of hydrogen-bond donors (Lipinski definition) is 0. The van der Waals surface area contributed by atoms with Crippen LogP contribution in [0.2, 0.25) is 0 Å². The number of esters is 2. The van der Waals surface area contributed by atoms with Crippen molar-refractivity contribution in [3.8, 4) is 0 Å². The Hall–Kier alpha value is -1.74. The molecule has 27 heavy (non-hydrogen) atoms. The van der Waals surface area contributed by atoms with Crippen LogP contribution in [-0.4, -0.2) is 77.5 Å². The van der Waals surface area contributed by atoms with E-state index < -0.39 is 11.9 Å². The topological polar surface area (TPSA) is 89.5 Å².